The van der Waals surface area contributed by atoms with E-state index in [0.29, 0.717) is 12.1 Å². The first kappa shape index (κ1) is 15.8. The Hall–Kier alpha value is -2.62. The molecule has 0 spiro atoms. The Morgan fingerprint density at radius 2 is 2.00 bits per heavy atom. The Morgan fingerprint density at radius 3 is 2.64 bits per heavy atom. The van der Waals surface area contributed by atoms with Crippen molar-refractivity contribution in [3.8, 4) is 11.1 Å². The standard InChI is InChI=1S/C18H20N2O2/c1-3-18(2,11-10-16(21)22)17-14(8-6-12-20-17)13-7-4-5-9-15(13)19/h3-9,12H,1,10-11,19H2,2H3,(H,21,22). The summed E-state index contributed by atoms with van der Waals surface area (Å²) in [7, 11) is 0. The topological polar surface area (TPSA) is 76.2 Å². The summed E-state index contributed by atoms with van der Waals surface area (Å²) in [6.07, 6.45) is 3.97. The fourth-order valence-electron chi connectivity index (χ4n) is 2.50. The number of anilines is 1. The molecule has 1 unspecified atom stereocenters. The highest BCUT2D eigenvalue weighted by Gasteiger charge is 2.28. The number of carboxylic acid groups (broad SMARTS) is 1. The minimum absolute atomic E-state index is 0.0583. The van der Waals surface area contributed by atoms with Gasteiger partial charge < -0.3 is 10.8 Å². The second-order valence-electron chi connectivity index (χ2n) is 5.50. The third kappa shape index (κ3) is 3.17. The van der Waals surface area contributed by atoms with Crippen LogP contribution in [0.3, 0.4) is 0 Å². The van der Waals surface area contributed by atoms with Crippen molar-refractivity contribution >= 4 is 11.7 Å². The van der Waals surface area contributed by atoms with Crippen LogP contribution < -0.4 is 5.73 Å². The maximum absolute atomic E-state index is 10.9. The molecule has 1 heterocycles. The molecule has 2 aromatic rings. The third-order valence-corrected chi connectivity index (χ3v) is 3.91. The second kappa shape index (κ2) is 6.43. The van der Waals surface area contributed by atoms with Crippen molar-refractivity contribution in [3.05, 3.63) is 60.9 Å². The van der Waals surface area contributed by atoms with Gasteiger partial charge in [0.15, 0.2) is 0 Å². The van der Waals surface area contributed by atoms with Crippen LogP contribution in [0.2, 0.25) is 0 Å². The van der Waals surface area contributed by atoms with E-state index in [-0.39, 0.29) is 6.42 Å². The lowest BCUT2D eigenvalue weighted by Crippen LogP contribution is -2.23. The number of hydrogen-bond donors (Lipinski definition) is 2. The summed E-state index contributed by atoms with van der Waals surface area (Å²) in [5.74, 6) is -0.829. The molecule has 22 heavy (non-hydrogen) atoms. The van der Waals surface area contributed by atoms with E-state index in [2.05, 4.69) is 11.6 Å². The number of allylic oxidation sites excluding steroid dienone is 1. The molecule has 4 heteroatoms. The molecule has 0 fully saturated rings. The maximum atomic E-state index is 10.9. The van der Waals surface area contributed by atoms with Crippen LogP contribution in [0.15, 0.2) is 55.3 Å². The van der Waals surface area contributed by atoms with Crippen molar-refractivity contribution in [2.45, 2.75) is 25.2 Å². The summed E-state index contributed by atoms with van der Waals surface area (Å²) in [6.45, 7) is 5.83. The van der Waals surface area contributed by atoms with Gasteiger partial charge in [-0.1, -0.05) is 37.3 Å². The molecule has 0 aliphatic carbocycles. The van der Waals surface area contributed by atoms with Crippen LogP contribution >= 0.6 is 0 Å². The zero-order valence-corrected chi connectivity index (χ0v) is 12.6. The van der Waals surface area contributed by atoms with Crippen molar-refractivity contribution in [1.29, 1.82) is 0 Å². The van der Waals surface area contributed by atoms with Crippen LogP contribution in [0.4, 0.5) is 5.69 Å². The van der Waals surface area contributed by atoms with Gasteiger partial charge in [0.2, 0.25) is 0 Å². The number of nitrogens with zero attached hydrogens (tertiary/aromatic N) is 1. The summed E-state index contributed by atoms with van der Waals surface area (Å²) in [6, 6.07) is 11.4. The molecule has 0 saturated carbocycles. The average molecular weight is 296 g/mol. The zero-order chi connectivity index (χ0) is 16.2. The summed E-state index contributed by atoms with van der Waals surface area (Å²) in [5.41, 5.74) is 8.82. The van der Waals surface area contributed by atoms with E-state index in [1.807, 2.05) is 43.3 Å². The fourth-order valence-corrected chi connectivity index (χ4v) is 2.50. The van der Waals surface area contributed by atoms with Crippen molar-refractivity contribution in [3.63, 3.8) is 0 Å². The number of rotatable bonds is 6. The van der Waals surface area contributed by atoms with Crippen molar-refractivity contribution in [1.82, 2.24) is 4.98 Å². The number of benzene rings is 1. The zero-order valence-electron chi connectivity index (χ0n) is 12.6. The summed E-state index contributed by atoms with van der Waals surface area (Å²) in [5, 5.41) is 8.97. The predicted octanol–water partition coefficient (Wildman–Crippen LogP) is 3.64. The molecule has 0 amide bonds. The van der Waals surface area contributed by atoms with Gasteiger partial charge in [0.05, 0.1) is 5.69 Å². The van der Waals surface area contributed by atoms with Gasteiger partial charge in [-0.25, -0.2) is 0 Å². The van der Waals surface area contributed by atoms with E-state index >= 15 is 0 Å². The molecule has 1 aromatic heterocycles. The van der Waals surface area contributed by atoms with E-state index < -0.39 is 11.4 Å². The number of pyridine rings is 1. The number of nitrogen functional groups attached to an aromatic ring is 1. The molecule has 0 aliphatic heterocycles. The minimum Gasteiger partial charge on any atom is -0.481 e. The summed E-state index contributed by atoms with van der Waals surface area (Å²) < 4.78 is 0. The van der Waals surface area contributed by atoms with Crippen LogP contribution in [0, 0.1) is 0 Å². The van der Waals surface area contributed by atoms with Crippen molar-refractivity contribution in [2.75, 3.05) is 5.73 Å². The first-order valence-corrected chi connectivity index (χ1v) is 7.13. The number of aromatic nitrogens is 1. The van der Waals surface area contributed by atoms with Crippen LogP contribution in [-0.4, -0.2) is 16.1 Å². The molecule has 1 aromatic carbocycles. The molecule has 0 aliphatic rings. The molecule has 2 rings (SSSR count). The molecule has 1 atom stereocenters. The average Bonchev–Trinajstić information content (AvgIpc) is 2.53. The Balaban J connectivity index is 2.54. The van der Waals surface area contributed by atoms with Gasteiger partial charge in [-0.3, -0.25) is 9.78 Å². The van der Waals surface area contributed by atoms with Gasteiger partial charge in [-0.15, -0.1) is 6.58 Å². The quantitative estimate of drug-likeness (QED) is 0.630. The van der Waals surface area contributed by atoms with E-state index in [1.165, 1.54) is 0 Å². The number of nitrogens with two attached hydrogens (primary N) is 1. The lowest BCUT2D eigenvalue weighted by Gasteiger charge is -2.27. The lowest BCUT2D eigenvalue weighted by atomic mass is 9.78. The molecule has 0 saturated heterocycles. The minimum atomic E-state index is -0.829. The summed E-state index contributed by atoms with van der Waals surface area (Å²) in [4.78, 5) is 15.4. The maximum Gasteiger partial charge on any atom is 0.303 e. The van der Waals surface area contributed by atoms with Gasteiger partial charge in [0.1, 0.15) is 0 Å². The van der Waals surface area contributed by atoms with E-state index in [9.17, 15) is 4.79 Å². The summed E-state index contributed by atoms with van der Waals surface area (Å²) >= 11 is 0. The number of carbonyl (C=O) groups is 1. The SMILES string of the molecule is C=CC(C)(CCC(=O)O)c1ncccc1-c1ccccc1N. The highest BCUT2D eigenvalue weighted by atomic mass is 16.4. The van der Waals surface area contributed by atoms with E-state index in [0.717, 1.165) is 16.8 Å². The van der Waals surface area contributed by atoms with Gasteiger partial charge in [-0.05, 0) is 18.6 Å². The number of para-hydroxylation sites is 1. The third-order valence-electron chi connectivity index (χ3n) is 3.91. The van der Waals surface area contributed by atoms with Gasteiger partial charge in [0.25, 0.3) is 0 Å². The van der Waals surface area contributed by atoms with Crippen LogP contribution in [0.1, 0.15) is 25.5 Å². The smallest absolute Gasteiger partial charge is 0.303 e. The molecule has 3 N–H and O–H groups in total. The van der Waals surface area contributed by atoms with Crippen molar-refractivity contribution in [2.24, 2.45) is 0 Å². The number of carboxylic acids is 1. The Labute approximate surface area is 130 Å². The highest BCUT2D eigenvalue weighted by Crippen LogP contribution is 2.37. The Kier molecular flexibility index (Phi) is 4.61. The van der Waals surface area contributed by atoms with Gasteiger partial charge >= 0.3 is 5.97 Å². The Morgan fingerprint density at radius 1 is 1.32 bits per heavy atom. The Bertz CT molecular complexity index is 697. The highest BCUT2D eigenvalue weighted by molar-refractivity contribution is 5.78. The van der Waals surface area contributed by atoms with Crippen molar-refractivity contribution < 1.29 is 9.90 Å². The second-order valence-corrected chi connectivity index (χ2v) is 5.50. The molecular weight excluding hydrogens is 276 g/mol. The lowest BCUT2D eigenvalue weighted by molar-refractivity contribution is -0.137. The normalized spacial score (nSPS) is 13.3. The van der Waals surface area contributed by atoms with Gasteiger partial charge in [-0.2, -0.15) is 0 Å². The number of hydrogen-bond acceptors (Lipinski definition) is 3. The predicted molar refractivity (Wildman–Crippen MR) is 88.5 cm³/mol. The fraction of sp³-hybridized carbons (Fsp3) is 0.222. The first-order valence-electron chi connectivity index (χ1n) is 7.13. The molecular formula is C18H20N2O2. The van der Waals surface area contributed by atoms with E-state index in [1.54, 1.807) is 12.3 Å². The van der Waals surface area contributed by atoms with Crippen LogP contribution in [-0.2, 0) is 10.2 Å². The molecule has 0 bridgehead atoms. The van der Waals surface area contributed by atoms with Crippen LogP contribution in [0.25, 0.3) is 11.1 Å². The first-order chi connectivity index (χ1) is 10.5. The molecule has 0 radical (unpaired) electrons. The number of aliphatic carboxylic acids is 1. The van der Waals surface area contributed by atoms with Crippen LogP contribution in [0.5, 0.6) is 0 Å². The molecule has 4 nitrogen and oxygen atoms in total. The largest absolute Gasteiger partial charge is 0.481 e. The molecule has 114 valence electrons. The van der Waals surface area contributed by atoms with Gasteiger partial charge in [0, 0.05) is 34.8 Å². The monoisotopic (exact) mass is 296 g/mol. The van der Waals surface area contributed by atoms with E-state index in [4.69, 9.17) is 10.8 Å².